The fraction of sp³-hybridized carbons (Fsp3) is 0.240. The van der Waals surface area contributed by atoms with Crippen molar-refractivity contribution in [1.82, 2.24) is 0 Å². The summed E-state index contributed by atoms with van der Waals surface area (Å²) in [4.78, 5) is 25.4. The molecule has 172 valence electrons. The summed E-state index contributed by atoms with van der Waals surface area (Å²) < 4.78 is 10.4. The smallest absolute Gasteiger partial charge is 0.341 e. The molecule has 0 aliphatic rings. The lowest BCUT2D eigenvalue weighted by atomic mass is 10.1. The first-order valence-corrected chi connectivity index (χ1v) is 11.9. The minimum atomic E-state index is -0.395. The monoisotopic (exact) mass is 482 g/mol. The zero-order valence-electron chi connectivity index (χ0n) is 18.6. The number of carbonyl (C=O) groups is 2. The molecule has 0 aliphatic heterocycles. The van der Waals surface area contributed by atoms with Gasteiger partial charge in [0, 0.05) is 17.0 Å². The molecule has 0 saturated heterocycles. The number of benzene rings is 2. The molecule has 0 radical (unpaired) electrons. The maximum Gasteiger partial charge on any atom is 0.341 e. The van der Waals surface area contributed by atoms with Crippen molar-refractivity contribution in [3.05, 3.63) is 82.2 Å². The average molecular weight is 483 g/mol. The minimum absolute atomic E-state index is 0.290. The SMILES string of the molecule is CCCOC(=O)c1ccc(NC(=S)Nc2sc(Cc3ccccc3)cc2C(=O)OCC)cc1. The second-order valence-corrected chi connectivity index (χ2v) is 8.68. The highest BCUT2D eigenvalue weighted by Crippen LogP contribution is 2.31. The van der Waals surface area contributed by atoms with Gasteiger partial charge in [0.15, 0.2) is 5.11 Å². The summed E-state index contributed by atoms with van der Waals surface area (Å²) in [5.41, 5.74) is 2.78. The number of thiophene rings is 1. The second kappa shape index (κ2) is 12.1. The Hall–Kier alpha value is -3.23. The fourth-order valence-electron chi connectivity index (χ4n) is 3.01. The number of carbonyl (C=O) groups excluding carboxylic acids is 2. The van der Waals surface area contributed by atoms with Crippen LogP contribution >= 0.6 is 23.6 Å². The number of hydrogen-bond donors (Lipinski definition) is 2. The van der Waals surface area contributed by atoms with Crippen molar-refractivity contribution in [2.24, 2.45) is 0 Å². The third-order valence-electron chi connectivity index (χ3n) is 4.54. The molecule has 0 bridgehead atoms. The van der Waals surface area contributed by atoms with E-state index in [4.69, 9.17) is 21.7 Å². The van der Waals surface area contributed by atoms with E-state index in [1.807, 2.05) is 43.3 Å². The van der Waals surface area contributed by atoms with E-state index in [9.17, 15) is 9.59 Å². The summed E-state index contributed by atoms with van der Waals surface area (Å²) >= 11 is 6.91. The van der Waals surface area contributed by atoms with Gasteiger partial charge < -0.3 is 20.1 Å². The molecule has 0 amide bonds. The molecule has 3 aromatic rings. The van der Waals surface area contributed by atoms with E-state index in [2.05, 4.69) is 10.6 Å². The molecule has 0 saturated carbocycles. The Morgan fingerprint density at radius 2 is 1.67 bits per heavy atom. The molecule has 0 atom stereocenters. The quantitative estimate of drug-likeness (QED) is 0.291. The summed E-state index contributed by atoms with van der Waals surface area (Å²) in [6.45, 7) is 4.40. The number of ether oxygens (including phenoxy) is 2. The lowest BCUT2D eigenvalue weighted by Gasteiger charge is -2.11. The molecule has 2 N–H and O–H groups in total. The standard InChI is InChI=1S/C25H26N2O4S2/c1-3-14-31-23(28)18-10-12-19(13-11-18)26-25(32)27-22-21(24(29)30-4-2)16-20(33-22)15-17-8-6-5-7-9-17/h5-13,16H,3-4,14-15H2,1-2H3,(H2,26,27,32). The maximum atomic E-state index is 12.5. The summed E-state index contributed by atoms with van der Waals surface area (Å²) in [5.74, 6) is -0.749. The first-order chi connectivity index (χ1) is 16.0. The van der Waals surface area contributed by atoms with E-state index in [0.717, 1.165) is 16.9 Å². The highest BCUT2D eigenvalue weighted by Gasteiger charge is 2.18. The van der Waals surface area contributed by atoms with Crippen molar-refractivity contribution in [3.63, 3.8) is 0 Å². The van der Waals surface area contributed by atoms with Gasteiger partial charge >= 0.3 is 11.9 Å². The van der Waals surface area contributed by atoms with Crippen molar-refractivity contribution >= 4 is 51.3 Å². The van der Waals surface area contributed by atoms with Gasteiger partial charge in [-0.15, -0.1) is 11.3 Å². The Labute approximate surface area is 202 Å². The van der Waals surface area contributed by atoms with Crippen molar-refractivity contribution in [1.29, 1.82) is 0 Å². The Balaban J connectivity index is 1.69. The highest BCUT2D eigenvalue weighted by atomic mass is 32.1. The van der Waals surface area contributed by atoms with Crippen molar-refractivity contribution in [2.45, 2.75) is 26.7 Å². The summed E-state index contributed by atoms with van der Waals surface area (Å²) in [6, 6.07) is 18.7. The number of esters is 2. The second-order valence-electron chi connectivity index (χ2n) is 7.13. The number of hydrogen-bond acceptors (Lipinski definition) is 6. The topological polar surface area (TPSA) is 76.7 Å². The predicted octanol–water partition coefficient (Wildman–Crippen LogP) is 5.89. The molecule has 0 aliphatic carbocycles. The minimum Gasteiger partial charge on any atom is -0.462 e. The molecule has 2 aromatic carbocycles. The van der Waals surface area contributed by atoms with E-state index in [1.165, 1.54) is 11.3 Å². The molecular formula is C25H26N2O4S2. The van der Waals surface area contributed by atoms with Crippen LogP contribution in [0.25, 0.3) is 0 Å². The van der Waals surface area contributed by atoms with Crippen molar-refractivity contribution in [3.8, 4) is 0 Å². The first kappa shape index (κ1) is 24.4. The molecule has 0 spiro atoms. The van der Waals surface area contributed by atoms with Crippen LogP contribution in [0, 0.1) is 0 Å². The van der Waals surface area contributed by atoms with Gasteiger partial charge in [-0.3, -0.25) is 0 Å². The van der Waals surface area contributed by atoms with Crippen LogP contribution in [-0.2, 0) is 15.9 Å². The zero-order chi connectivity index (χ0) is 23.6. The van der Waals surface area contributed by atoms with Gasteiger partial charge in [-0.05, 0) is 61.5 Å². The van der Waals surface area contributed by atoms with E-state index >= 15 is 0 Å². The maximum absolute atomic E-state index is 12.5. The van der Waals surface area contributed by atoms with Gasteiger partial charge in [-0.2, -0.15) is 0 Å². The average Bonchev–Trinajstić information content (AvgIpc) is 3.20. The van der Waals surface area contributed by atoms with Gasteiger partial charge in [0.2, 0.25) is 0 Å². The number of rotatable bonds is 9. The predicted molar refractivity (Wildman–Crippen MR) is 136 cm³/mol. The Kier molecular flexibility index (Phi) is 8.97. The van der Waals surface area contributed by atoms with Gasteiger partial charge in [-0.25, -0.2) is 9.59 Å². The van der Waals surface area contributed by atoms with Crippen LogP contribution in [0.15, 0.2) is 60.7 Å². The largest absolute Gasteiger partial charge is 0.462 e. The van der Waals surface area contributed by atoms with Crippen LogP contribution in [0.4, 0.5) is 10.7 Å². The summed E-state index contributed by atoms with van der Waals surface area (Å²) in [6.07, 6.45) is 1.48. The summed E-state index contributed by atoms with van der Waals surface area (Å²) in [5, 5.41) is 7.15. The van der Waals surface area contributed by atoms with Crippen LogP contribution in [0.5, 0.6) is 0 Å². The van der Waals surface area contributed by atoms with Crippen LogP contribution < -0.4 is 10.6 Å². The van der Waals surface area contributed by atoms with Crippen LogP contribution in [0.1, 0.15) is 51.4 Å². The van der Waals surface area contributed by atoms with E-state index in [-0.39, 0.29) is 12.6 Å². The Bertz CT molecular complexity index is 1100. The fourth-order valence-corrected chi connectivity index (χ4v) is 4.38. The normalized spacial score (nSPS) is 10.4. The van der Waals surface area contributed by atoms with Gasteiger partial charge in [0.25, 0.3) is 0 Å². The first-order valence-electron chi connectivity index (χ1n) is 10.7. The molecule has 3 rings (SSSR count). The van der Waals surface area contributed by atoms with Gasteiger partial charge in [0.05, 0.1) is 24.3 Å². The van der Waals surface area contributed by atoms with Gasteiger partial charge in [-0.1, -0.05) is 37.3 Å². The molecule has 1 aromatic heterocycles. The zero-order valence-corrected chi connectivity index (χ0v) is 20.2. The molecule has 0 fully saturated rings. The number of thiocarbonyl (C=S) groups is 1. The van der Waals surface area contributed by atoms with Crippen LogP contribution in [0.2, 0.25) is 0 Å². The van der Waals surface area contributed by atoms with Crippen LogP contribution in [0.3, 0.4) is 0 Å². The lowest BCUT2D eigenvalue weighted by molar-refractivity contribution is 0.0502. The molecular weight excluding hydrogens is 456 g/mol. The summed E-state index contributed by atoms with van der Waals surface area (Å²) in [7, 11) is 0. The van der Waals surface area contributed by atoms with Crippen molar-refractivity contribution in [2.75, 3.05) is 23.8 Å². The molecule has 33 heavy (non-hydrogen) atoms. The molecule has 0 unspecified atom stereocenters. The van der Waals surface area contributed by atoms with E-state index in [1.54, 1.807) is 31.2 Å². The Morgan fingerprint density at radius 1 is 0.939 bits per heavy atom. The third kappa shape index (κ3) is 7.13. The third-order valence-corrected chi connectivity index (χ3v) is 5.80. The Morgan fingerprint density at radius 3 is 2.33 bits per heavy atom. The van der Waals surface area contributed by atoms with E-state index in [0.29, 0.717) is 40.0 Å². The van der Waals surface area contributed by atoms with Crippen LogP contribution in [-0.4, -0.2) is 30.3 Å². The van der Waals surface area contributed by atoms with E-state index < -0.39 is 5.97 Å². The van der Waals surface area contributed by atoms with Crippen molar-refractivity contribution < 1.29 is 19.1 Å². The van der Waals surface area contributed by atoms with Gasteiger partial charge in [0.1, 0.15) is 5.00 Å². The lowest BCUT2D eigenvalue weighted by Crippen LogP contribution is -2.20. The number of anilines is 2. The number of nitrogens with one attached hydrogen (secondary N) is 2. The molecule has 8 heteroatoms. The molecule has 6 nitrogen and oxygen atoms in total. The highest BCUT2D eigenvalue weighted by molar-refractivity contribution is 7.80. The molecule has 1 heterocycles.